The lowest BCUT2D eigenvalue weighted by atomic mass is 9.84. The van der Waals surface area contributed by atoms with Gasteiger partial charge in [0.15, 0.2) is 0 Å². The van der Waals surface area contributed by atoms with Crippen LogP contribution in [-0.4, -0.2) is 38.3 Å². The molecule has 2 heterocycles. The van der Waals surface area contributed by atoms with Crippen LogP contribution in [0.4, 0.5) is 0 Å². The molecule has 0 N–H and O–H groups in total. The highest BCUT2D eigenvalue weighted by atomic mass is 32.1. The van der Waals surface area contributed by atoms with E-state index < -0.39 is 0 Å². The standard InChI is InChI=1S/C22H31NO2S/c1-3-4-5-12-23-13-11-21(22-10-7-14-26-22)18(16-23)17-25-20-9-6-8-19(15-20)24-2/h6-10,14-15,18,21H,3-5,11-13,16-17H2,1-2H3/t18-,21+/m0/s1. The fraction of sp³-hybridized carbons (Fsp3) is 0.545. The SMILES string of the molecule is CCCCCN1CC[C@@H](c2cccs2)[C@H](COc2cccc(OC)c2)C1. The van der Waals surface area contributed by atoms with E-state index in [-0.39, 0.29) is 0 Å². The van der Waals surface area contributed by atoms with Gasteiger partial charge in [-0.05, 0) is 49.5 Å². The minimum absolute atomic E-state index is 0.537. The molecule has 0 spiro atoms. The first-order valence-electron chi connectivity index (χ1n) is 9.82. The summed E-state index contributed by atoms with van der Waals surface area (Å²) in [6, 6.07) is 12.4. The summed E-state index contributed by atoms with van der Waals surface area (Å²) in [5.41, 5.74) is 0. The lowest BCUT2D eigenvalue weighted by Crippen LogP contribution is -2.42. The maximum Gasteiger partial charge on any atom is 0.122 e. The summed E-state index contributed by atoms with van der Waals surface area (Å²) >= 11 is 1.89. The topological polar surface area (TPSA) is 21.7 Å². The number of nitrogens with zero attached hydrogens (tertiary/aromatic N) is 1. The Labute approximate surface area is 161 Å². The minimum atomic E-state index is 0.537. The van der Waals surface area contributed by atoms with E-state index >= 15 is 0 Å². The molecule has 26 heavy (non-hydrogen) atoms. The molecule has 1 saturated heterocycles. The Kier molecular flexibility index (Phi) is 7.39. The van der Waals surface area contributed by atoms with Gasteiger partial charge in [-0.1, -0.05) is 31.9 Å². The van der Waals surface area contributed by atoms with Gasteiger partial charge in [-0.2, -0.15) is 0 Å². The number of hydrogen-bond donors (Lipinski definition) is 0. The van der Waals surface area contributed by atoms with Gasteiger partial charge in [0.1, 0.15) is 11.5 Å². The van der Waals surface area contributed by atoms with Crippen molar-refractivity contribution < 1.29 is 9.47 Å². The van der Waals surface area contributed by atoms with Crippen molar-refractivity contribution in [3.8, 4) is 11.5 Å². The van der Waals surface area contributed by atoms with E-state index in [4.69, 9.17) is 9.47 Å². The van der Waals surface area contributed by atoms with Crippen LogP contribution in [0.1, 0.15) is 43.4 Å². The van der Waals surface area contributed by atoms with Crippen LogP contribution < -0.4 is 9.47 Å². The number of ether oxygens (including phenoxy) is 2. The zero-order valence-corrected chi connectivity index (χ0v) is 16.8. The summed E-state index contributed by atoms with van der Waals surface area (Å²) < 4.78 is 11.5. The summed E-state index contributed by atoms with van der Waals surface area (Å²) in [7, 11) is 1.70. The number of benzene rings is 1. The van der Waals surface area contributed by atoms with Gasteiger partial charge in [-0.25, -0.2) is 0 Å². The molecule has 3 nitrogen and oxygen atoms in total. The average Bonchev–Trinajstić information content (AvgIpc) is 3.21. The van der Waals surface area contributed by atoms with Gasteiger partial charge in [0, 0.05) is 29.3 Å². The molecule has 1 aromatic carbocycles. The molecule has 4 heteroatoms. The molecule has 0 amide bonds. The van der Waals surface area contributed by atoms with Crippen molar-refractivity contribution in [1.29, 1.82) is 0 Å². The number of rotatable bonds is 9. The molecule has 1 aliphatic heterocycles. The van der Waals surface area contributed by atoms with Crippen molar-refractivity contribution in [2.75, 3.05) is 33.4 Å². The van der Waals surface area contributed by atoms with Crippen LogP contribution in [0.3, 0.4) is 0 Å². The van der Waals surface area contributed by atoms with E-state index in [2.05, 4.69) is 29.3 Å². The zero-order valence-electron chi connectivity index (χ0n) is 16.0. The van der Waals surface area contributed by atoms with Crippen LogP contribution in [0.25, 0.3) is 0 Å². The second-order valence-corrected chi connectivity index (χ2v) is 8.15. The first-order valence-corrected chi connectivity index (χ1v) is 10.7. The third-order valence-electron chi connectivity index (χ3n) is 5.31. The zero-order chi connectivity index (χ0) is 18.2. The molecule has 142 valence electrons. The predicted octanol–water partition coefficient (Wildman–Crippen LogP) is 5.43. The quantitative estimate of drug-likeness (QED) is 0.547. The molecule has 1 aliphatic rings. The van der Waals surface area contributed by atoms with Crippen LogP contribution in [0.2, 0.25) is 0 Å². The molecule has 0 bridgehead atoms. The molecule has 2 aromatic rings. The second-order valence-electron chi connectivity index (χ2n) is 7.17. The molecule has 0 saturated carbocycles. The molecule has 2 atom stereocenters. The van der Waals surface area contributed by atoms with E-state index in [1.807, 2.05) is 35.6 Å². The smallest absolute Gasteiger partial charge is 0.122 e. The van der Waals surface area contributed by atoms with Crippen LogP contribution >= 0.6 is 11.3 Å². The van der Waals surface area contributed by atoms with Gasteiger partial charge in [0.05, 0.1) is 13.7 Å². The summed E-state index contributed by atoms with van der Waals surface area (Å²) in [6.07, 6.45) is 5.16. The number of unbranched alkanes of at least 4 members (excludes halogenated alkanes) is 2. The van der Waals surface area contributed by atoms with E-state index in [1.165, 1.54) is 43.6 Å². The van der Waals surface area contributed by atoms with Crippen LogP contribution in [0.5, 0.6) is 11.5 Å². The third-order valence-corrected chi connectivity index (χ3v) is 6.31. The fourth-order valence-electron chi connectivity index (χ4n) is 3.84. The van der Waals surface area contributed by atoms with Gasteiger partial charge < -0.3 is 14.4 Å². The summed E-state index contributed by atoms with van der Waals surface area (Å²) in [5.74, 6) is 2.90. The van der Waals surface area contributed by atoms with E-state index in [0.717, 1.165) is 24.7 Å². The molecule has 1 fully saturated rings. The Balaban J connectivity index is 1.63. The van der Waals surface area contributed by atoms with Crippen molar-refractivity contribution in [3.63, 3.8) is 0 Å². The lowest BCUT2D eigenvalue weighted by molar-refractivity contribution is 0.110. The summed E-state index contributed by atoms with van der Waals surface area (Å²) in [5, 5.41) is 2.20. The molecule has 0 aliphatic carbocycles. The number of likely N-dealkylation sites (tertiary alicyclic amines) is 1. The Morgan fingerprint density at radius 1 is 1.15 bits per heavy atom. The molecule has 0 radical (unpaired) electrons. The Bertz CT molecular complexity index is 643. The van der Waals surface area contributed by atoms with Gasteiger partial charge in [0.25, 0.3) is 0 Å². The van der Waals surface area contributed by atoms with Crippen LogP contribution in [-0.2, 0) is 0 Å². The summed E-state index contributed by atoms with van der Waals surface area (Å²) in [6.45, 7) is 6.60. The number of methoxy groups -OCH3 is 1. The Hall–Kier alpha value is -1.52. The summed E-state index contributed by atoms with van der Waals surface area (Å²) in [4.78, 5) is 4.15. The first kappa shape index (κ1) is 19.2. The van der Waals surface area contributed by atoms with Crippen molar-refractivity contribution in [2.24, 2.45) is 5.92 Å². The Morgan fingerprint density at radius 2 is 2.04 bits per heavy atom. The van der Waals surface area contributed by atoms with Crippen molar-refractivity contribution in [3.05, 3.63) is 46.7 Å². The third kappa shape index (κ3) is 5.24. The van der Waals surface area contributed by atoms with Crippen LogP contribution in [0, 0.1) is 5.92 Å². The number of piperidine rings is 1. The second kappa shape index (κ2) is 9.98. The van der Waals surface area contributed by atoms with Crippen molar-refractivity contribution in [1.82, 2.24) is 4.90 Å². The maximum atomic E-state index is 6.19. The highest BCUT2D eigenvalue weighted by Crippen LogP contribution is 2.36. The molecule has 1 aromatic heterocycles. The van der Waals surface area contributed by atoms with Crippen molar-refractivity contribution >= 4 is 11.3 Å². The molecule has 0 unspecified atom stereocenters. The van der Waals surface area contributed by atoms with E-state index in [1.54, 1.807) is 7.11 Å². The fourth-order valence-corrected chi connectivity index (χ4v) is 4.79. The van der Waals surface area contributed by atoms with E-state index in [9.17, 15) is 0 Å². The molecular formula is C22H31NO2S. The first-order chi connectivity index (χ1) is 12.8. The highest BCUT2D eigenvalue weighted by molar-refractivity contribution is 7.10. The maximum absolute atomic E-state index is 6.19. The van der Waals surface area contributed by atoms with Gasteiger partial charge in [-0.15, -0.1) is 11.3 Å². The average molecular weight is 374 g/mol. The predicted molar refractivity (Wildman–Crippen MR) is 110 cm³/mol. The van der Waals surface area contributed by atoms with Gasteiger partial charge in [0.2, 0.25) is 0 Å². The number of hydrogen-bond acceptors (Lipinski definition) is 4. The van der Waals surface area contributed by atoms with Crippen LogP contribution in [0.15, 0.2) is 41.8 Å². The van der Waals surface area contributed by atoms with E-state index in [0.29, 0.717) is 11.8 Å². The monoisotopic (exact) mass is 373 g/mol. The number of thiophene rings is 1. The largest absolute Gasteiger partial charge is 0.497 e. The van der Waals surface area contributed by atoms with Gasteiger partial charge >= 0.3 is 0 Å². The molecule has 3 rings (SSSR count). The normalized spacial score (nSPS) is 20.8. The molecular weight excluding hydrogens is 342 g/mol. The Morgan fingerprint density at radius 3 is 2.81 bits per heavy atom. The lowest BCUT2D eigenvalue weighted by Gasteiger charge is -2.38. The highest BCUT2D eigenvalue weighted by Gasteiger charge is 2.31. The minimum Gasteiger partial charge on any atom is -0.497 e. The van der Waals surface area contributed by atoms with Crippen molar-refractivity contribution in [2.45, 2.75) is 38.5 Å². The van der Waals surface area contributed by atoms with Gasteiger partial charge in [-0.3, -0.25) is 0 Å².